The smallest absolute Gasteiger partial charge is 0.224 e. The van der Waals surface area contributed by atoms with Gasteiger partial charge < -0.3 is 5.32 Å². The molecular formula is C20H26N4O. The van der Waals surface area contributed by atoms with Gasteiger partial charge in [0, 0.05) is 18.1 Å². The van der Waals surface area contributed by atoms with E-state index in [1.54, 1.807) is 6.20 Å². The van der Waals surface area contributed by atoms with Gasteiger partial charge in [-0.2, -0.15) is 5.10 Å². The predicted octanol–water partition coefficient (Wildman–Crippen LogP) is 4.51. The Bertz CT molecular complexity index is 716. The minimum atomic E-state index is 0.0232. The average molecular weight is 338 g/mol. The summed E-state index contributed by atoms with van der Waals surface area (Å²) < 4.78 is 0. The fourth-order valence-corrected chi connectivity index (χ4v) is 3.43. The number of anilines is 1. The minimum absolute atomic E-state index is 0.0232. The van der Waals surface area contributed by atoms with Gasteiger partial charge in [0.25, 0.3) is 0 Å². The number of rotatable bonds is 4. The van der Waals surface area contributed by atoms with E-state index in [-0.39, 0.29) is 5.91 Å². The van der Waals surface area contributed by atoms with Crippen molar-refractivity contribution in [2.75, 3.05) is 5.32 Å². The lowest BCUT2D eigenvalue weighted by molar-refractivity contribution is -0.116. The molecule has 25 heavy (non-hydrogen) atoms. The molecule has 0 radical (unpaired) electrons. The van der Waals surface area contributed by atoms with Crippen LogP contribution in [0.15, 0.2) is 40.2 Å². The first kappa shape index (κ1) is 17.5. The highest BCUT2D eigenvalue weighted by Gasteiger charge is 2.27. The topological polar surface area (TPSA) is 66.7 Å². The van der Waals surface area contributed by atoms with Gasteiger partial charge in [0.1, 0.15) is 5.71 Å². The summed E-state index contributed by atoms with van der Waals surface area (Å²) >= 11 is 0. The van der Waals surface area contributed by atoms with Gasteiger partial charge in [-0.15, -0.1) is 5.10 Å². The third-order valence-corrected chi connectivity index (χ3v) is 4.79. The minimum Gasteiger partial charge on any atom is -0.325 e. The normalized spacial score (nSPS) is 20.4. The Labute approximate surface area is 149 Å². The van der Waals surface area contributed by atoms with Crippen LogP contribution in [-0.4, -0.2) is 22.3 Å². The molecule has 0 aromatic carbocycles. The summed E-state index contributed by atoms with van der Waals surface area (Å²) in [4.78, 5) is 16.2. The van der Waals surface area contributed by atoms with E-state index in [9.17, 15) is 4.79 Å². The van der Waals surface area contributed by atoms with Crippen molar-refractivity contribution < 1.29 is 4.79 Å². The van der Waals surface area contributed by atoms with Gasteiger partial charge in [-0.25, -0.2) is 0 Å². The number of nitrogens with one attached hydrogen (secondary N) is 1. The lowest BCUT2D eigenvalue weighted by Gasteiger charge is -2.26. The zero-order valence-corrected chi connectivity index (χ0v) is 15.1. The molecule has 1 amide bonds. The highest BCUT2D eigenvalue weighted by molar-refractivity contribution is 6.16. The maximum atomic E-state index is 11.7. The van der Waals surface area contributed by atoms with Crippen LogP contribution < -0.4 is 5.32 Å². The van der Waals surface area contributed by atoms with Crippen molar-refractivity contribution in [2.24, 2.45) is 16.1 Å². The zero-order valence-electron chi connectivity index (χ0n) is 15.1. The van der Waals surface area contributed by atoms with E-state index in [1.165, 1.54) is 24.8 Å². The number of nitrogens with zero attached hydrogens (tertiary/aromatic N) is 3. The molecule has 1 aromatic rings. The zero-order chi connectivity index (χ0) is 17.6. The largest absolute Gasteiger partial charge is 0.325 e. The number of allylic oxidation sites excluding steroid dienone is 2. The molecule has 5 nitrogen and oxygen atoms in total. The lowest BCUT2D eigenvalue weighted by atomic mass is 9.82. The number of amides is 1. The first-order valence-corrected chi connectivity index (χ1v) is 9.28. The highest BCUT2D eigenvalue weighted by atomic mass is 16.1. The quantitative estimate of drug-likeness (QED) is 0.878. The van der Waals surface area contributed by atoms with E-state index in [4.69, 9.17) is 0 Å². The van der Waals surface area contributed by atoms with Crippen molar-refractivity contribution in [1.82, 2.24) is 4.98 Å². The molecular weight excluding hydrogens is 312 g/mol. The molecule has 1 atom stereocenters. The number of fused-ring (bicyclic) bond motifs is 1. The molecule has 2 aliphatic rings. The van der Waals surface area contributed by atoms with Crippen LogP contribution in [0.5, 0.6) is 0 Å². The fraction of sp³-hybridized carbons (Fsp3) is 0.500. The van der Waals surface area contributed by atoms with Crippen molar-refractivity contribution in [3.63, 3.8) is 0 Å². The second-order valence-corrected chi connectivity index (χ2v) is 6.77. The summed E-state index contributed by atoms with van der Waals surface area (Å²) in [7, 11) is 0. The number of carbonyl (C=O) groups excluding carboxylic acids is 1. The van der Waals surface area contributed by atoms with Crippen molar-refractivity contribution in [3.8, 4) is 0 Å². The number of hydrogen-bond donors (Lipinski definition) is 1. The second kappa shape index (κ2) is 8.19. The predicted molar refractivity (Wildman–Crippen MR) is 102 cm³/mol. The number of carbonyl (C=O) groups is 1. The van der Waals surface area contributed by atoms with E-state index in [2.05, 4.69) is 33.5 Å². The Balaban J connectivity index is 1.83. The summed E-state index contributed by atoms with van der Waals surface area (Å²) in [6, 6.07) is 3.81. The van der Waals surface area contributed by atoms with Gasteiger partial charge in [-0.1, -0.05) is 25.8 Å². The van der Waals surface area contributed by atoms with Crippen LogP contribution in [0.1, 0.15) is 64.5 Å². The van der Waals surface area contributed by atoms with Crippen LogP contribution in [0, 0.1) is 5.92 Å². The maximum Gasteiger partial charge on any atom is 0.224 e. The molecule has 3 rings (SSSR count). The van der Waals surface area contributed by atoms with E-state index in [0.29, 0.717) is 12.3 Å². The van der Waals surface area contributed by atoms with Gasteiger partial charge in [-0.05, 0) is 50.3 Å². The van der Waals surface area contributed by atoms with E-state index < -0.39 is 0 Å². The molecule has 132 valence electrons. The summed E-state index contributed by atoms with van der Waals surface area (Å²) in [5.74, 6) is 0.383. The first-order valence-electron chi connectivity index (χ1n) is 9.28. The van der Waals surface area contributed by atoms with Crippen molar-refractivity contribution in [3.05, 3.63) is 35.7 Å². The van der Waals surface area contributed by atoms with E-state index >= 15 is 0 Å². The Kier molecular flexibility index (Phi) is 5.74. The Morgan fingerprint density at radius 1 is 1.24 bits per heavy atom. The molecule has 1 aliphatic heterocycles. The lowest BCUT2D eigenvalue weighted by Crippen LogP contribution is -2.25. The fourth-order valence-electron chi connectivity index (χ4n) is 3.43. The molecule has 0 saturated carbocycles. The molecule has 1 unspecified atom stereocenters. The standard InChI is InChI=1S/C20H26N4O/c1-3-8-19(25)22-15-11-12-18(21-13-15)20-17-10-7-5-4-6-9-16(17)14(2)23-24-20/h10-13,16H,3-9H2,1-2H3,(H,22,25). The van der Waals surface area contributed by atoms with Gasteiger partial charge >= 0.3 is 0 Å². The van der Waals surface area contributed by atoms with Gasteiger partial charge in [0.2, 0.25) is 5.91 Å². The summed E-state index contributed by atoms with van der Waals surface area (Å²) in [6.45, 7) is 4.06. The molecule has 0 fully saturated rings. The molecule has 5 heteroatoms. The third-order valence-electron chi connectivity index (χ3n) is 4.79. The SMILES string of the molecule is CCCC(=O)Nc1ccc(C2=NN=C(C)C3CCCCCC=C23)nc1. The van der Waals surface area contributed by atoms with E-state index in [1.807, 2.05) is 19.1 Å². The second-order valence-electron chi connectivity index (χ2n) is 6.77. The van der Waals surface area contributed by atoms with Gasteiger partial charge in [-0.3, -0.25) is 9.78 Å². The summed E-state index contributed by atoms with van der Waals surface area (Å²) in [5.41, 5.74) is 4.79. The molecule has 1 aromatic heterocycles. The van der Waals surface area contributed by atoms with Crippen LogP contribution in [0.3, 0.4) is 0 Å². The molecule has 0 saturated heterocycles. The monoisotopic (exact) mass is 338 g/mol. The summed E-state index contributed by atoms with van der Waals surface area (Å²) in [5, 5.41) is 11.7. The van der Waals surface area contributed by atoms with Crippen LogP contribution >= 0.6 is 0 Å². The number of hydrogen-bond acceptors (Lipinski definition) is 4. The molecule has 1 N–H and O–H groups in total. The molecule has 2 heterocycles. The number of aromatic nitrogens is 1. The molecule has 1 aliphatic carbocycles. The van der Waals surface area contributed by atoms with Crippen molar-refractivity contribution in [1.29, 1.82) is 0 Å². The van der Waals surface area contributed by atoms with Crippen LogP contribution in [0.25, 0.3) is 0 Å². The van der Waals surface area contributed by atoms with Crippen molar-refractivity contribution >= 4 is 23.0 Å². The van der Waals surface area contributed by atoms with Crippen LogP contribution in [-0.2, 0) is 4.79 Å². The van der Waals surface area contributed by atoms with E-state index in [0.717, 1.165) is 42.1 Å². The molecule has 0 spiro atoms. The van der Waals surface area contributed by atoms with Crippen molar-refractivity contribution in [2.45, 2.75) is 58.8 Å². The Hall–Kier alpha value is -2.30. The maximum absolute atomic E-state index is 11.7. The van der Waals surface area contributed by atoms with Crippen LogP contribution in [0.2, 0.25) is 0 Å². The first-order chi connectivity index (χ1) is 12.2. The Morgan fingerprint density at radius 3 is 2.88 bits per heavy atom. The van der Waals surface area contributed by atoms with Crippen LogP contribution in [0.4, 0.5) is 5.69 Å². The third kappa shape index (κ3) is 4.21. The van der Waals surface area contributed by atoms with Gasteiger partial charge in [0.05, 0.1) is 17.6 Å². The highest BCUT2D eigenvalue weighted by Crippen LogP contribution is 2.30. The van der Waals surface area contributed by atoms with Gasteiger partial charge in [0.15, 0.2) is 0 Å². The number of pyridine rings is 1. The molecule has 0 bridgehead atoms. The summed E-state index contributed by atoms with van der Waals surface area (Å²) in [6.07, 6.45) is 11.3. The average Bonchev–Trinajstić information content (AvgIpc) is 2.57. The Morgan fingerprint density at radius 2 is 2.12 bits per heavy atom.